The van der Waals surface area contributed by atoms with Crippen LogP contribution in [0.2, 0.25) is 0 Å². The summed E-state index contributed by atoms with van der Waals surface area (Å²) in [6, 6.07) is 6.77. The number of nitrogens with two attached hydrogens (primary N) is 2. The second-order valence-corrected chi connectivity index (χ2v) is 5.80. The van der Waals surface area contributed by atoms with Gasteiger partial charge in [-0.25, -0.2) is 0 Å². The molecule has 3 rings (SSSR count). The van der Waals surface area contributed by atoms with E-state index >= 15 is 0 Å². The Kier molecular flexibility index (Phi) is 4.22. The highest BCUT2D eigenvalue weighted by Crippen LogP contribution is 2.30. The SMILES string of the molecule is Br.NC1(N)OC(CN2C(=O)c3ccccc3C2=O)CS1. The molecule has 0 spiro atoms. The number of amides is 2. The maximum atomic E-state index is 12.1. The van der Waals surface area contributed by atoms with Gasteiger partial charge in [-0.3, -0.25) is 26.0 Å². The molecule has 2 amide bonds. The number of thioether (sulfide) groups is 1. The highest BCUT2D eigenvalue weighted by molar-refractivity contribution is 8.93. The molecule has 0 aromatic heterocycles. The van der Waals surface area contributed by atoms with Gasteiger partial charge in [0.05, 0.1) is 23.8 Å². The lowest BCUT2D eigenvalue weighted by Crippen LogP contribution is -2.48. The number of carbonyl (C=O) groups is 2. The van der Waals surface area contributed by atoms with Crippen LogP contribution in [0.15, 0.2) is 24.3 Å². The number of ether oxygens (including phenoxy) is 1. The number of hydrogen-bond acceptors (Lipinski definition) is 6. The number of hydrogen-bond donors (Lipinski definition) is 2. The Hall–Kier alpha value is -0.930. The van der Waals surface area contributed by atoms with Crippen LogP contribution in [0.4, 0.5) is 0 Å². The lowest BCUT2D eigenvalue weighted by Gasteiger charge is -2.21. The molecule has 0 radical (unpaired) electrons. The summed E-state index contributed by atoms with van der Waals surface area (Å²) >= 11 is 1.26. The number of nitrogens with zero attached hydrogens (tertiary/aromatic N) is 1. The van der Waals surface area contributed by atoms with Crippen LogP contribution in [0.5, 0.6) is 0 Å². The molecule has 20 heavy (non-hydrogen) atoms. The van der Waals surface area contributed by atoms with Gasteiger partial charge in [-0.15, -0.1) is 17.0 Å². The lowest BCUT2D eigenvalue weighted by atomic mass is 10.1. The van der Waals surface area contributed by atoms with E-state index < -0.39 is 5.18 Å². The number of rotatable bonds is 2. The zero-order valence-corrected chi connectivity index (χ0v) is 13.0. The third kappa shape index (κ3) is 2.61. The van der Waals surface area contributed by atoms with Crippen molar-refractivity contribution in [3.63, 3.8) is 0 Å². The molecule has 1 fully saturated rings. The Labute approximate surface area is 130 Å². The number of benzene rings is 1. The molecule has 108 valence electrons. The monoisotopic (exact) mass is 359 g/mol. The van der Waals surface area contributed by atoms with Crippen molar-refractivity contribution in [3.8, 4) is 0 Å². The van der Waals surface area contributed by atoms with Crippen molar-refractivity contribution in [2.45, 2.75) is 11.3 Å². The van der Waals surface area contributed by atoms with Crippen molar-refractivity contribution < 1.29 is 14.3 Å². The first-order valence-corrected chi connectivity index (χ1v) is 6.81. The number of fused-ring (bicyclic) bond motifs is 1. The fourth-order valence-corrected chi connectivity index (χ4v) is 3.07. The standard InChI is InChI=1S/C12H13N3O3S.BrH/c13-12(14)18-7(6-19-12)5-15-10(16)8-3-1-2-4-9(8)11(15)17;/h1-4,7H,5-6,13-14H2;1H. The lowest BCUT2D eigenvalue weighted by molar-refractivity contribution is -0.0114. The summed E-state index contributed by atoms with van der Waals surface area (Å²) < 4.78 is 5.38. The summed E-state index contributed by atoms with van der Waals surface area (Å²) in [5, 5.41) is -1.23. The van der Waals surface area contributed by atoms with Gasteiger partial charge in [-0.2, -0.15) is 0 Å². The third-order valence-electron chi connectivity index (χ3n) is 3.11. The quantitative estimate of drug-likeness (QED) is 0.590. The highest BCUT2D eigenvalue weighted by atomic mass is 79.9. The van der Waals surface area contributed by atoms with Crippen LogP contribution in [-0.2, 0) is 4.74 Å². The maximum Gasteiger partial charge on any atom is 0.261 e. The summed E-state index contributed by atoms with van der Waals surface area (Å²) in [7, 11) is 0. The van der Waals surface area contributed by atoms with E-state index in [1.165, 1.54) is 16.7 Å². The summed E-state index contributed by atoms with van der Waals surface area (Å²) in [6.07, 6.45) is -0.331. The van der Waals surface area contributed by atoms with Crippen LogP contribution in [0.3, 0.4) is 0 Å². The van der Waals surface area contributed by atoms with Gasteiger partial charge >= 0.3 is 0 Å². The Morgan fingerprint density at radius 1 is 1.25 bits per heavy atom. The fraction of sp³-hybridized carbons (Fsp3) is 0.333. The largest absolute Gasteiger partial charge is 0.333 e. The second kappa shape index (κ2) is 5.45. The topological polar surface area (TPSA) is 98.6 Å². The van der Waals surface area contributed by atoms with Gasteiger partial charge in [-0.1, -0.05) is 23.9 Å². The Morgan fingerprint density at radius 2 is 1.80 bits per heavy atom. The predicted octanol–water partition coefficient (Wildman–Crippen LogP) is 0.521. The molecule has 4 N–H and O–H groups in total. The first kappa shape index (κ1) is 15.5. The van der Waals surface area contributed by atoms with Crippen LogP contribution < -0.4 is 11.5 Å². The molecule has 1 saturated heterocycles. The van der Waals surface area contributed by atoms with Crippen molar-refractivity contribution in [1.82, 2.24) is 4.90 Å². The van der Waals surface area contributed by atoms with Crippen molar-refractivity contribution in [1.29, 1.82) is 0 Å². The molecule has 1 aromatic rings. The van der Waals surface area contributed by atoms with Gasteiger partial charge in [-0.05, 0) is 12.1 Å². The molecule has 0 aliphatic carbocycles. The minimum absolute atomic E-state index is 0. The number of imide groups is 1. The minimum atomic E-state index is -1.23. The second-order valence-electron chi connectivity index (χ2n) is 4.54. The van der Waals surface area contributed by atoms with Crippen LogP contribution in [0.25, 0.3) is 0 Å². The van der Waals surface area contributed by atoms with Gasteiger partial charge in [0.15, 0.2) is 0 Å². The average Bonchev–Trinajstić information content (AvgIpc) is 2.83. The minimum Gasteiger partial charge on any atom is -0.333 e. The molecule has 1 atom stereocenters. The molecular formula is C12H14BrN3O3S. The highest BCUT2D eigenvalue weighted by Gasteiger charge is 2.40. The molecule has 2 aliphatic rings. The van der Waals surface area contributed by atoms with Crippen LogP contribution in [-0.4, -0.2) is 40.3 Å². The Bertz CT molecular complexity index is 532. The van der Waals surface area contributed by atoms with Gasteiger partial charge in [0.2, 0.25) is 5.18 Å². The Balaban J connectivity index is 0.00000147. The van der Waals surface area contributed by atoms with Crippen molar-refractivity contribution >= 4 is 40.6 Å². The van der Waals surface area contributed by atoms with E-state index in [1.54, 1.807) is 24.3 Å². The van der Waals surface area contributed by atoms with Crippen LogP contribution in [0.1, 0.15) is 20.7 Å². The third-order valence-corrected chi connectivity index (χ3v) is 4.20. The molecule has 2 heterocycles. The first-order valence-electron chi connectivity index (χ1n) is 5.83. The fourth-order valence-electron chi connectivity index (χ4n) is 2.25. The zero-order valence-electron chi connectivity index (χ0n) is 10.4. The average molecular weight is 360 g/mol. The van der Waals surface area contributed by atoms with E-state index in [4.69, 9.17) is 16.2 Å². The van der Waals surface area contributed by atoms with Crippen molar-refractivity contribution in [2.75, 3.05) is 12.3 Å². The summed E-state index contributed by atoms with van der Waals surface area (Å²) in [5.41, 5.74) is 12.1. The normalized spacial score (nSPS) is 23.7. The molecular weight excluding hydrogens is 346 g/mol. The molecule has 6 nitrogen and oxygen atoms in total. The van der Waals surface area contributed by atoms with Gasteiger partial charge in [0, 0.05) is 5.75 Å². The molecule has 0 bridgehead atoms. The molecule has 2 aliphatic heterocycles. The van der Waals surface area contributed by atoms with E-state index in [-0.39, 0.29) is 41.4 Å². The zero-order chi connectivity index (χ0) is 13.6. The van der Waals surface area contributed by atoms with Crippen LogP contribution >= 0.6 is 28.7 Å². The summed E-state index contributed by atoms with van der Waals surface area (Å²) in [5.74, 6) is -0.0260. The smallest absolute Gasteiger partial charge is 0.261 e. The predicted molar refractivity (Wildman–Crippen MR) is 80.6 cm³/mol. The van der Waals surface area contributed by atoms with E-state index in [1.807, 2.05) is 0 Å². The number of carbonyl (C=O) groups excluding carboxylic acids is 2. The van der Waals surface area contributed by atoms with E-state index in [0.717, 1.165) is 0 Å². The van der Waals surface area contributed by atoms with E-state index in [2.05, 4.69) is 0 Å². The first-order chi connectivity index (χ1) is 8.98. The molecule has 1 unspecified atom stereocenters. The van der Waals surface area contributed by atoms with Crippen molar-refractivity contribution in [2.24, 2.45) is 11.5 Å². The molecule has 8 heteroatoms. The van der Waals surface area contributed by atoms with Crippen LogP contribution in [0, 0.1) is 0 Å². The van der Waals surface area contributed by atoms with Gasteiger partial charge < -0.3 is 4.74 Å². The Morgan fingerprint density at radius 3 is 2.25 bits per heavy atom. The van der Waals surface area contributed by atoms with Gasteiger partial charge in [0.25, 0.3) is 11.8 Å². The van der Waals surface area contributed by atoms with Gasteiger partial charge in [0.1, 0.15) is 0 Å². The van der Waals surface area contributed by atoms with E-state index in [0.29, 0.717) is 16.9 Å². The molecule has 1 aromatic carbocycles. The summed E-state index contributed by atoms with van der Waals surface area (Å²) in [4.78, 5) is 25.5. The maximum absolute atomic E-state index is 12.1. The van der Waals surface area contributed by atoms with E-state index in [9.17, 15) is 9.59 Å². The van der Waals surface area contributed by atoms with Crippen molar-refractivity contribution in [3.05, 3.63) is 35.4 Å². The molecule has 0 saturated carbocycles. The number of halogens is 1. The summed E-state index contributed by atoms with van der Waals surface area (Å²) in [6.45, 7) is 0.176.